The number of methoxy groups -OCH3 is 1. The molecule has 2 aromatic heterocycles. The van der Waals surface area contributed by atoms with E-state index >= 15 is 0 Å². The van der Waals surface area contributed by atoms with Gasteiger partial charge in [0.2, 0.25) is 0 Å². The largest absolute Gasteiger partial charge is 0.495 e. The molecule has 162 valence electrons. The van der Waals surface area contributed by atoms with Gasteiger partial charge in [-0.25, -0.2) is 14.6 Å². The van der Waals surface area contributed by atoms with Crippen molar-refractivity contribution in [1.29, 1.82) is 0 Å². The van der Waals surface area contributed by atoms with Crippen molar-refractivity contribution in [1.82, 2.24) is 24.3 Å². The molecule has 1 atom stereocenters. The van der Waals surface area contributed by atoms with Crippen molar-refractivity contribution in [3.8, 4) is 11.4 Å². The van der Waals surface area contributed by atoms with Crippen LogP contribution in [0.4, 0.5) is 0 Å². The quantitative estimate of drug-likeness (QED) is 0.364. The van der Waals surface area contributed by atoms with Crippen LogP contribution in [0, 0.1) is 6.92 Å². The van der Waals surface area contributed by atoms with Crippen molar-refractivity contribution in [2.45, 2.75) is 32.2 Å². The third-order valence-corrected chi connectivity index (χ3v) is 6.31. The van der Waals surface area contributed by atoms with Gasteiger partial charge in [0.1, 0.15) is 11.6 Å². The highest BCUT2D eigenvalue weighted by molar-refractivity contribution is 9.10. The summed E-state index contributed by atoms with van der Waals surface area (Å²) in [6, 6.07) is 14.6. The van der Waals surface area contributed by atoms with E-state index in [9.17, 15) is 0 Å². The lowest BCUT2D eigenvalue weighted by atomic mass is 9.91. The summed E-state index contributed by atoms with van der Waals surface area (Å²) >= 11 is 3.52. The van der Waals surface area contributed by atoms with Crippen LogP contribution in [-0.2, 0) is 6.54 Å². The molecule has 0 N–H and O–H groups in total. The van der Waals surface area contributed by atoms with Crippen molar-refractivity contribution in [3.63, 3.8) is 0 Å². The molecule has 0 fully saturated rings. The fourth-order valence-electron chi connectivity index (χ4n) is 4.19. The van der Waals surface area contributed by atoms with Gasteiger partial charge in [-0.2, -0.15) is 5.10 Å². The highest BCUT2D eigenvalue weighted by Crippen LogP contribution is 2.33. The summed E-state index contributed by atoms with van der Waals surface area (Å²) in [5.74, 6) is 2.85. The van der Waals surface area contributed by atoms with Gasteiger partial charge in [-0.15, -0.1) is 0 Å². The fraction of sp³-hybridized carbons (Fsp3) is 0.240. The van der Waals surface area contributed by atoms with Gasteiger partial charge in [-0.05, 0) is 61.2 Å². The van der Waals surface area contributed by atoms with Crippen LogP contribution < -0.4 is 4.74 Å². The van der Waals surface area contributed by atoms with Gasteiger partial charge in [0, 0.05) is 23.1 Å². The molecule has 1 aliphatic rings. The molecule has 0 bridgehead atoms. The second-order valence-corrected chi connectivity index (χ2v) is 8.90. The minimum atomic E-state index is 0.282. The predicted octanol–water partition coefficient (Wildman–Crippen LogP) is 5.64. The molecule has 0 spiro atoms. The van der Waals surface area contributed by atoms with E-state index in [1.165, 1.54) is 5.56 Å². The second kappa shape index (κ2) is 8.74. The van der Waals surface area contributed by atoms with Gasteiger partial charge in [-0.1, -0.05) is 40.2 Å². The Balaban J connectivity index is 1.40. The van der Waals surface area contributed by atoms with E-state index in [2.05, 4.69) is 55.9 Å². The number of ether oxygens (including phenoxy) is 1. The van der Waals surface area contributed by atoms with Crippen molar-refractivity contribution in [3.05, 3.63) is 87.9 Å². The van der Waals surface area contributed by atoms with Crippen LogP contribution in [0.25, 0.3) is 17.8 Å². The summed E-state index contributed by atoms with van der Waals surface area (Å²) in [5, 5.41) is 4.74. The van der Waals surface area contributed by atoms with E-state index in [0.717, 1.165) is 58.2 Å². The summed E-state index contributed by atoms with van der Waals surface area (Å²) in [6.07, 6.45) is 9.97. The number of benzene rings is 2. The molecule has 1 aliphatic heterocycles. The first kappa shape index (κ1) is 20.7. The molecular formula is C25H24BrN5O. The standard InChI is InChI=1S/C25H24BrN5O/c1-17-15-30(16-27-17)22-11-5-18(14-23(22)32-2)6-12-24-28-25-21(4-3-13-31(25)29-24)19-7-9-20(26)10-8-19/h5-12,14-16,21H,3-4,13H2,1-2H3/b12-6+. The molecule has 0 saturated carbocycles. The van der Waals surface area contributed by atoms with Crippen LogP contribution >= 0.6 is 15.9 Å². The van der Waals surface area contributed by atoms with Crippen LogP contribution in [0.15, 0.2) is 59.5 Å². The number of hydrogen-bond acceptors (Lipinski definition) is 4. The first-order valence-electron chi connectivity index (χ1n) is 10.7. The first-order chi connectivity index (χ1) is 15.6. The van der Waals surface area contributed by atoms with Crippen molar-refractivity contribution >= 4 is 28.1 Å². The molecule has 7 heteroatoms. The number of aryl methyl sites for hydroxylation is 2. The van der Waals surface area contributed by atoms with Crippen LogP contribution in [0.1, 0.15) is 47.2 Å². The SMILES string of the molecule is COc1cc(/C=C/c2nc3n(n2)CCCC3c2ccc(Br)cc2)ccc1-n1cnc(C)c1. The number of nitrogens with zero attached hydrogens (tertiary/aromatic N) is 5. The van der Waals surface area contributed by atoms with Gasteiger partial charge in [0.05, 0.1) is 24.8 Å². The van der Waals surface area contributed by atoms with Crippen LogP contribution in [0.3, 0.4) is 0 Å². The van der Waals surface area contributed by atoms with Gasteiger partial charge >= 0.3 is 0 Å². The number of aromatic nitrogens is 5. The van der Waals surface area contributed by atoms with Crippen molar-refractivity contribution in [2.75, 3.05) is 7.11 Å². The van der Waals surface area contributed by atoms with Crippen molar-refractivity contribution in [2.24, 2.45) is 0 Å². The van der Waals surface area contributed by atoms with E-state index in [1.807, 2.05) is 42.0 Å². The molecule has 32 heavy (non-hydrogen) atoms. The highest BCUT2D eigenvalue weighted by atomic mass is 79.9. The molecule has 0 aliphatic carbocycles. The average molecular weight is 490 g/mol. The minimum absolute atomic E-state index is 0.282. The molecule has 1 unspecified atom stereocenters. The Kier molecular flexibility index (Phi) is 5.66. The van der Waals surface area contributed by atoms with Crippen molar-refractivity contribution < 1.29 is 4.74 Å². The molecule has 6 nitrogen and oxygen atoms in total. The highest BCUT2D eigenvalue weighted by Gasteiger charge is 2.25. The molecule has 0 amide bonds. The predicted molar refractivity (Wildman–Crippen MR) is 129 cm³/mol. The number of halogens is 1. The normalized spacial score (nSPS) is 15.8. The van der Waals surface area contributed by atoms with E-state index in [-0.39, 0.29) is 5.92 Å². The number of imidazole rings is 1. The lowest BCUT2D eigenvalue weighted by molar-refractivity contribution is 0.413. The Morgan fingerprint density at radius 3 is 2.72 bits per heavy atom. The lowest BCUT2D eigenvalue weighted by Crippen LogP contribution is -2.17. The van der Waals surface area contributed by atoms with E-state index in [1.54, 1.807) is 13.4 Å². The van der Waals surface area contributed by atoms with E-state index in [0.29, 0.717) is 0 Å². The fourth-order valence-corrected chi connectivity index (χ4v) is 4.45. The third kappa shape index (κ3) is 4.12. The average Bonchev–Trinajstić information content (AvgIpc) is 3.43. The Hall–Kier alpha value is -3.19. The molecule has 0 saturated heterocycles. The summed E-state index contributed by atoms with van der Waals surface area (Å²) in [6.45, 7) is 2.88. The monoisotopic (exact) mass is 489 g/mol. The number of hydrogen-bond donors (Lipinski definition) is 0. The van der Waals surface area contributed by atoms with Crippen LogP contribution in [-0.4, -0.2) is 31.4 Å². The molecule has 2 aromatic carbocycles. The van der Waals surface area contributed by atoms with Crippen LogP contribution in [0.2, 0.25) is 0 Å². The topological polar surface area (TPSA) is 57.8 Å². The zero-order valence-electron chi connectivity index (χ0n) is 18.1. The summed E-state index contributed by atoms with van der Waals surface area (Å²) in [7, 11) is 1.68. The molecule has 4 aromatic rings. The van der Waals surface area contributed by atoms with Gasteiger partial charge in [0.15, 0.2) is 5.82 Å². The zero-order chi connectivity index (χ0) is 22.1. The molecule has 5 rings (SSSR count). The maximum atomic E-state index is 5.62. The van der Waals surface area contributed by atoms with Gasteiger partial charge in [0.25, 0.3) is 0 Å². The van der Waals surface area contributed by atoms with E-state index in [4.69, 9.17) is 14.8 Å². The zero-order valence-corrected chi connectivity index (χ0v) is 19.7. The van der Waals surface area contributed by atoms with E-state index < -0.39 is 0 Å². The summed E-state index contributed by atoms with van der Waals surface area (Å²) in [5.41, 5.74) is 4.23. The maximum absolute atomic E-state index is 5.62. The minimum Gasteiger partial charge on any atom is -0.495 e. The molecule has 0 radical (unpaired) electrons. The number of fused-ring (bicyclic) bond motifs is 1. The summed E-state index contributed by atoms with van der Waals surface area (Å²) < 4.78 is 10.7. The Bertz CT molecular complexity index is 1270. The smallest absolute Gasteiger partial charge is 0.174 e. The molecule has 3 heterocycles. The van der Waals surface area contributed by atoms with Gasteiger partial charge < -0.3 is 9.30 Å². The second-order valence-electron chi connectivity index (χ2n) is 7.98. The summed E-state index contributed by atoms with van der Waals surface area (Å²) in [4.78, 5) is 9.17. The maximum Gasteiger partial charge on any atom is 0.174 e. The van der Waals surface area contributed by atoms with Gasteiger partial charge in [-0.3, -0.25) is 0 Å². The Morgan fingerprint density at radius 2 is 1.97 bits per heavy atom. The third-order valence-electron chi connectivity index (χ3n) is 5.78. The lowest BCUT2D eigenvalue weighted by Gasteiger charge is -2.22. The number of rotatable bonds is 5. The Labute approximate surface area is 195 Å². The Morgan fingerprint density at radius 1 is 1.12 bits per heavy atom. The first-order valence-corrected chi connectivity index (χ1v) is 11.5. The molecular weight excluding hydrogens is 466 g/mol. The van der Waals surface area contributed by atoms with Crippen LogP contribution in [0.5, 0.6) is 5.75 Å².